The van der Waals surface area contributed by atoms with Crippen molar-refractivity contribution in [3.63, 3.8) is 0 Å². The fourth-order valence-electron chi connectivity index (χ4n) is 3.21. The van der Waals surface area contributed by atoms with Crippen molar-refractivity contribution in [2.75, 3.05) is 6.54 Å². The smallest absolute Gasteiger partial charge is 0.0767 e. The minimum atomic E-state index is 0.923. The summed E-state index contributed by atoms with van der Waals surface area (Å²) in [6.45, 7) is 7.30. The minimum Gasteiger partial charge on any atom is -0.311 e. The van der Waals surface area contributed by atoms with Crippen molar-refractivity contribution in [1.82, 2.24) is 15.1 Å². The monoisotopic (exact) mass is 341 g/mol. The molecular weight excluding hydrogens is 314 g/mol. The highest BCUT2D eigenvalue weighted by molar-refractivity contribution is 9.10. The average Bonchev–Trinajstić information content (AvgIpc) is 3.07. The number of hydrogen-bond acceptors (Lipinski definition) is 2. The van der Waals surface area contributed by atoms with E-state index in [0.29, 0.717) is 0 Å². The van der Waals surface area contributed by atoms with Crippen molar-refractivity contribution < 1.29 is 0 Å². The van der Waals surface area contributed by atoms with Gasteiger partial charge in [-0.15, -0.1) is 0 Å². The van der Waals surface area contributed by atoms with Crippen LogP contribution in [-0.4, -0.2) is 16.3 Å². The number of nitrogens with one attached hydrogen (secondary N) is 1. The Morgan fingerprint density at radius 3 is 2.70 bits per heavy atom. The summed E-state index contributed by atoms with van der Waals surface area (Å²) in [5, 5.41) is 8.23. The van der Waals surface area contributed by atoms with E-state index in [1.807, 2.05) is 0 Å². The molecule has 1 aliphatic carbocycles. The van der Waals surface area contributed by atoms with Gasteiger partial charge < -0.3 is 5.32 Å². The van der Waals surface area contributed by atoms with Crippen LogP contribution in [0.1, 0.15) is 63.8 Å². The van der Waals surface area contributed by atoms with Crippen molar-refractivity contribution in [2.45, 2.75) is 71.9 Å². The van der Waals surface area contributed by atoms with E-state index in [-0.39, 0.29) is 0 Å². The second-order valence-electron chi connectivity index (χ2n) is 5.85. The Morgan fingerprint density at radius 1 is 1.30 bits per heavy atom. The number of rotatable bonds is 8. The van der Waals surface area contributed by atoms with Gasteiger partial charge in [-0.25, -0.2) is 0 Å². The van der Waals surface area contributed by atoms with Gasteiger partial charge in [0.15, 0.2) is 0 Å². The molecule has 0 spiro atoms. The number of halogens is 1. The molecule has 0 bridgehead atoms. The van der Waals surface area contributed by atoms with Gasteiger partial charge in [-0.05, 0) is 54.6 Å². The van der Waals surface area contributed by atoms with Crippen molar-refractivity contribution in [1.29, 1.82) is 0 Å². The van der Waals surface area contributed by atoms with Crippen LogP contribution >= 0.6 is 15.9 Å². The zero-order valence-electron chi connectivity index (χ0n) is 12.9. The van der Waals surface area contributed by atoms with E-state index in [2.05, 4.69) is 44.9 Å². The largest absolute Gasteiger partial charge is 0.311 e. The lowest BCUT2D eigenvalue weighted by Crippen LogP contribution is -2.18. The molecule has 1 fully saturated rings. The lowest BCUT2D eigenvalue weighted by Gasteiger charge is -2.10. The summed E-state index contributed by atoms with van der Waals surface area (Å²) in [6, 6.07) is 0. The fourth-order valence-corrected chi connectivity index (χ4v) is 3.91. The Bertz CT molecular complexity index is 408. The molecule has 2 rings (SSSR count). The highest BCUT2D eigenvalue weighted by Crippen LogP contribution is 2.28. The molecule has 1 aliphatic rings. The van der Waals surface area contributed by atoms with Gasteiger partial charge in [-0.1, -0.05) is 32.6 Å². The van der Waals surface area contributed by atoms with Gasteiger partial charge in [0, 0.05) is 13.1 Å². The number of aromatic nitrogens is 2. The van der Waals surface area contributed by atoms with E-state index in [1.54, 1.807) is 0 Å². The molecule has 0 aromatic carbocycles. The second-order valence-corrected chi connectivity index (χ2v) is 6.64. The Balaban J connectivity index is 1.74. The SMILES string of the molecule is CCc1nn(CC)c(CNCCCC2CCCC2)c1Br. The van der Waals surface area contributed by atoms with E-state index in [4.69, 9.17) is 0 Å². The van der Waals surface area contributed by atoms with E-state index < -0.39 is 0 Å². The predicted molar refractivity (Wildman–Crippen MR) is 87.9 cm³/mol. The number of hydrogen-bond donors (Lipinski definition) is 1. The molecule has 1 heterocycles. The summed E-state index contributed by atoms with van der Waals surface area (Å²) in [6.07, 6.45) is 9.55. The van der Waals surface area contributed by atoms with Crippen molar-refractivity contribution in [3.8, 4) is 0 Å². The fraction of sp³-hybridized carbons (Fsp3) is 0.812. The zero-order valence-corrected chi connectivity index (χ0v) is 14.5. The Labute approximate surface area is 131 Å². The quantitative estimate of drug-likeness (QED) is 0.715. The molecular formula is C16H28BrN3. The molecule has 114 valence electrons. The summed E-state index contributed by atoms with van der Waals surface area (Å²) >= 11 is 3.70. The third-order valence-corrected chi connectivity index (χ3v) is 5.34. The predicted octanol–water partition coefficient (Wildman–Crippen LogP) is 4.29. The summed E-state index contributed by atoms with van der Waals surface area (Å²) in [5.41, 5.74) is 2.47. The van der Waals surface area contributed by atoms with E-state index in [9.17, 15) is 0 Å². The first-order chi connectivity index (χ1) is 9.76. The van der Waals surface area contributed by atoms with Crippen LogP contribution in [0.25, 0.3) is 0 Å². The van der Waals surface area contributed by atoms with Crippen LogP contribution in [-0.2, 0) is 19.5 Å². The van der Waals surface area contributed by atoms with Crippen LogP contribution in [0, 0.1) is 5.92 Å². The summed E-state index contributed by atoms with van der Waals surface area (Å²) in [5.74, 6) is 1.01. The van der Waals surface area contributed by atoms with Gasteiger partial charge in [0.25, 0.3) is 0 Å². The molecule has 0 saturated heterocycles. The van der Waals surface area contributed by atoms with Crippen molar-refractivity contribution in [2.24, 2.45) is 5.92 Å². The standard InChI is InChI=1S/C16H28BrN3/c1-3-14-16(17)15(20(4-2)19-14)12-18-11-7-10-13-8-5-6-9-13/h13,18H,3-12H2,1-2H3. The van der Waals surface area contributed by atoms with Gasteiger partial charge in [0.2, 0.25) is 0 Å². The molecule has 1 N–H and O–H groups in total. The van der Waals surface area contributed by atoms with Crippen molar-refractivity contribution in [3.05, 3.63) is 15.9 Å². The van der Waals surface area contributed by atoms with Crippen molar-refractivity contribution >= 4 is 15.9 Å². The maximum absolute atomic E-state index is 4.64. The van der Waals surface area contributed by atoms with E-state index >= 15 is 0 Å². The van der Waals surface area contributed by atoms with E-state index in [1.165, 1.54) is 54.4 Å². The number of nitrogens with zero attached hydrogens (tertiary/aromatic N) is 2. The van der Waals surface area contributed by atoms with Gasteiger partial charge in [-0.2, -0.15) is 5.10 Å². The second kappa shape index (κ2) is 8.18. The lowest BCUT2D eigenvalue weighted by atomic mass is 10.0. The van der Waals surface area contributed by atoms with Crippen LogP contribution < -0.4 is 5.32 Å². The first-order valence-corrected chi connectivity index (χ1v) is 9.00. The maximum Gasteiger partial charge on any atom is 0.0767 e. The molecule has 0 aliphatic heterocycles. The van der Waals surface area contributed by atoms with Crippen LogP contribution in [0.4, 0.5) is 0 Å². The summed E-state index contributed by atoms with van der Waals surface area (Å²) in [7, 11) is 0. The molecule has 20 heavy (non-hydrogen) atoms. The topological polar surface area (TPSA) is 29.9 Å². The van der Waals surface area contributed by atoms with Gasteiger partial charge in [0.05, 0.1) is 15.9 Å². The highest BCUT2D eigenvalue weighted by atomic mass is 79.9. The van der Waals surface area contributed by atoms with Crippen LogP contribution in [0.5, 0.6) is 0 Å². The average molecular weight is 342 g/mol. The Morgan fingerprint density at radius 2 is 2.05 bits per heavy atom. The third kappa shape index (κ3) is 4.08. The molecule has 0 radical (unpaired) electrons. The van der Waals surface area contributed by atoms with Crippen LogP contribution in [0.2, 0.25) is 0 Å². The molecule has 0 unspecified atom stereocenters. The van der Waals surface area contributed by atoms with Gasteiger partial charge in [-0.3, -0.25) is 4.68 Å². The third-order valence-electron chi connectivity index (χ3n) is 4.43. The molecule has 1 saturated carbocycles. The molecule has 1 aromatic heterocycles. The first kappa shape index (κ1) is 16.0. The Hall–Kier alpha value is -0.350. The van der Waals surface area contributed by atoms with Crippen LogP contribution in [0.3, 0.4) is 0 Å². The lowest BCUT2D eigenvalue weighted by molar-refractivity contribution is 0.466. The molecule has 0 atom stereocenters. The molecule has 0 amide bonds. The number of aryl methyl sites for hydroxylation is 2. The Kier molecular flexibility index (Phi) is 6.56. The normalized spacial score (nSPS) is 16.1. The molecule has 3 nitrogen and oxygen atoms in total. The summed E-state index contributed by atoms with van der Waals surface area (Å²) in [4.78, 5) is 0. The summed E-state index contributed by atoms with van der Waals surface area (Å²) < 4.78 is 3.32. The maximum atomic E-state index is 4.64. The van der Waals surface area contributed by atoms with Crippen LogP contribution in [0.15, 0.2) is 4.47 Å². The van der Waals surface area contributed by atoms with E-state index in [0.717, 1.165) is 32.0 Å². The van der Waals surface area contributed by atoms with Gasteiger partial charge in [0.1, 0.15) is 0 Å². The molecule has 1 aromatic rings. The zero-order chi connectivity index (χ0) is 14.4. The molecule has 4 heteroatoms. The highest BCUT2D eigenvalue weighted by Gasteiger charge is 2.15. The minimum absolute atomic E-state index is 0.923. The van der Waals surface area contributed by atoms with Gasteiger partial charge >= 0.3 is 0 Å². The first-order valence-electron chi connectivity index (χ1n) is 8.21.